The number of anilines is 2. The van der Waals surface area contributed by atoms with E-state index in [-0.39, 0.29) is 28.9 Å². The van der Waals surface area contributed by atoms with E-state index in [1.165, 1.54) is 24.3 Å². The van der Waals surface area contributed by atoms with Crippen LogP contribution in [-0.2, 0) is 6.42 Å². The molecule has 206 valence electrons. The Morgan fingerprint density at radius 3 is 2.61 bits per heavy atom. The fraction of sp³-hybridized carbons (Fsp3) is 0.462. The van der Waals surface area contributed by atoms with E-state index < -0.39 is 24.9 Å². The number of alkyl halides is 3. The topological polar surface area (TPSA) is 121 Å². The number of nitrogen functional groups attached to an aromatic ring is 1. The molecule has 0 saturated carbocycles. The molecule has 0 bridgehead atoms. The summed E-state index contributed by atoms with van der Waals surface area (Å²) in [6, 6.07) is 7.68. The number of aliphatic hydroxyl groups is 1. The lowest BCUT2D eigenvalue weighted by Crippen LogP contribution is -2.44. The number of piperidine rings is 1. The summed E-state index contributed by atoms with van der Waals surface area (Å²) in [6.07, 6.45) is -1.44. The molecule has 12 heteroatoms. The van der Waals surface area contributed by atoms with E-state index in [2.05, 4.69) is 21.9 Å². The summed E-state index contributed by atoms with van der Waals surface area (Å²) in [6.45, 7) is 1.89. The van der Waals surface area contributed by atoms with E-state index in [0.717, 1.165) is 66.9 Å². The van der Waals surface area contributed by atoms with Gasteiger partial charge in [0.25, 0.3) is 0 Å². The van der Waals surface area contributed by atoms with Gasteiger partial charge in [-0.05, 0) is 48.6 Å². The van der Waals surface area contributed by atoms with Crippen LogP contribution in [0.1, 0.15) is 53.1 Å². The number of ether oxygens (including phenoxy) is 1. The third kappa shape index (κ3) is 6.30. The molecule has 1 aliphatic rings. The maximum Gasteiger partial charge on any atom is 0.427 e. The van der Waals surface area contributed by atoms with Crippen molar-refractivity contribution in [2.75, 3.05) is 36.9 Å². The van der Waals surface area contributed by atoms with E-state index in [1.807, 2.05) is 6.07 Å². The van der Waals surface area contributed by atoms with E-state index in [9.17, 15) is 28.2 Å². The highest BCUT2D eigenvalue weighted by Gasteiger charge is 2.31. The monoisotopic (exact) mass is 552 g/mol. The van der Waals surface area contributed by atoms with Gasteiger partial charge in [0.15, 0.2) is 6.67 Å². The third-order valence-corrected chi connectivity index (χ3v) is 7.67. The molecule has 38 heavy (non-hydrogen) atoms. The summed E-state index contributed by atoms with van der Waals surface area (Å²) in [7, 11) is 0. The quantitative estimate of drug-likeness (QED) is 0.269. The molecular formula is C26H31F3N4O4S. The Balaban J connectivity index is 1.34. The van der Waals surface area contributed by atoms with Crippen LogP contribution in [0.15, 0.2) is 30.3 Å². The zero-order valence-electron chi connectivity index (χ0n) is 20.9. The molecule has 3 heterocycles. The highest BCUT2D eigenvalue weighted by molar-refractivity contribution is 7.21. The lowest BCUT2D eigenvalue weighted by molar-refractivity contribution is -0.186. The zero-order chi connectivity index (χ0) is 27.4. The molecule has 1 atom stereocenters. The van der Waals surface area contributed by atoms with Crippen LogP contribution in [0.25, 0.3) is 10.2 Å². The summed E-state index contributed by atoms with van der Waals surface area (Å²) in [5.41, 5.74) is 7.96. The lowest BCUT2D eigenvalue weighted by atomic mass is 10.0. The molecule has 1 saturated heterocycles. The van der Waals surface area contributed by atoms with Crippen molar-refractivity contribution >= 4 is 39.0 Å². The van der Waals surface area contributed by atoms with Crippen molar-refractivity contribution in [1.82, 2.24) is 10.3 Å². The van der Waals surface area contributed by atoms with Gasteiger partial charge in [-0.3, -0.25) is 0 Å². The van der Waals surface area contributed by atoms with Crippen LogP contribution < -0.4 is 20.7 Å². The van der Waals surface area contributed by atoms with Gasteiger partial charge in [-0.15, -0.1) is 11.3 Å². The van der Waals surface area contributed by atoms with Gasteiger partial charge >= 0.3 is 12.1 Å². The number of pyridine rings is 1. The van der Waals surface area contributed by atoms with Crippen molar-refractivity contribution in [3.8, 4) is 5.75 Å². The zero-order valence-corrected chi connectivity index (χ0v) is 21.7. The van der Waals surface area contributed by atoms with E-state index in [4.69, 9.17) is 10.7 Å². The molecule has 0 radical (unpaired) electrons. The molecule has 0 aliphatic carbocycles. The van der Waals surface area contributed by atoms with Crippen molar-refractivity contribution in [1.29, 1.82) is 0 Å². The Morgan fingerprint density at radius 2 is 2.00 bits per heavy atom. The van der Waals surface area contributed by atoms with Gasteiger partial charge in [0.2, 0.25) is 0 Å². The normalized spacial score (nSPS) is 15.7. The number of nitrogens with zero attached hydrogens (tertiary/aromatic N) is 2. The number of nitrogens with two attached hydrogens (primary N) is 1. The SMILES string of the molecule is CCCc1cc(N2CCC(NCC(O)c3ccc(OC(F)(F)CF)cc3)CC2)nc2sc(C(=O)O)c(N)c12. The molecule has 1 unspecified atom stereocenters. The predicted octanol–water partition coefficient (Wildman–Crippen LogP) is 4.76. The van der Waals surface area contributed by atoms with E-state index in [0.29, 0.717) is 10.4 Å². The fourth-order valence-corrected chi connectivity index (χ4v) is 5.61. The minimum absolute atomic E-state index is 0.114. The second-order valence-corrected chi connectivity index (χ2v) is 10.3. The van der Waals surface area contributed by atoms with Crippen molar-refractivity contribution in [3.63, 3.8) is 0 Å². The molecule has 4 rings (SSSR count). The Bertz CT molecular complexity index is 1260. The number of carbonyl (C=O) groups is 1. The van der Waals surface area contributed by atoms with Gasteiger partial charge in [0.05, 0.1) is 11.8 Å². The largest absolute Gasteiger partial charge is 0.477 e. The average Bonchev–Trinajstić information content (AvgIpc) is 3.24. The Hall–Kier alpha value is -3.09. The molecule has 0 amide bonds. The number of carboxylic acids is 1. The van der Waals surface area contributed by atoms with Crippen LogP contribution in [0.5, 0.6) is 5.75 Å². The van der Waals surface area contributed by atoms with Gasteiger partial charge in [0, 0.05) is 31.1 Å². The standard InChI is InChI=1S/C26H31F3N4O4S/c1-2-3-16-12-20(32-24-21(16)22(30)23(38-24)25(35)36)33-10-8-17(9-11-33)31-13-19(34)15-4-6-18(7-5-15)37-26(28,29)14-27/h4-7,12,17,19,31,34H,2-3,8-11,13-14,30H2,1H3,(H,35,36). The first-order valence-corrected chi connectivity index (χ1v) is 13.3. The molecule has 8 nitrogen and oxygen atoms in total. The summed E-state index contributed by atoms with van der Waals surface area (Å²) in [5.74, 6) is -0.424. The van der Waals surface area contributed by atoms with Crippen LogP contribution in [0.3, 0.4) is 0 Å². The number of carboxylic acid groups (broad SMARTS) is 1. The molecule has 0 spiro atoms. The summed E-state index contributed by atoms with van der Waals surface area (Å²) < 4.78 is 42.6. The Morgan fingerprint density at radius 1 is 1.32 bits per heavy atom. The molecule has 1 aliphatic heterocycles. The third-order valence-electron chi connectivity index (χ3n) is 6.59. The number of hydrogen-bond donors (Lipinski definition) is 4. The number of aryl methyl sites for hydroxylation is 1. The highest BCUT2D eigenvalue weighted by atomic mass is 32.1. The summed E-state index contributed by atoms with van der Waals surface area (Å²) in [4.78, 5) is 19.2. The molecule has 1 fully saturated rings. The van der Waals surface area contributed by atoms with Crippen LogP contribution in [0, 0.1) is 0 Å². The second-order valence-electron chi connectivity index (χ2n) is 9.35. The molecule has 5 N–H and O–H groups in total. The molecule has 2 aromatic heterocycles. The molecular weight excluding hydrogens is 521 g/mol. The number of rotatable bonds is 11. The van der Waals surface area contributed by atoms with Crippen molar-refractivity contribution in [2.24, 2.45) is 0 Å². The number of nitrogens with one attached hydrogen (secondary N) is 1. The number of aromatic carboxylic acids is 1. The number of aromatic nitrogens is 1. The Labute approximate surface area is 222 Å². The summed E-state index contributed by atoms with van der Waals surface area (Å²) >= 11 is 1.10. The van der Waals surface area contributed by atoms with Crippen LogP contribution >= 0.6 is 11.3 Å². The first kappa shape index (κ1) is 27.9. The lowest BCUT2D eigenvalue weighted by Gasteiger charge is -2.34. The van der Waals surface area contributed by atoms with Gasteiger partial charge in [-0.1, -0.05) is 25.5 Å². The number of hydrogen-bond acceptors (Lipinski definition) is 8. The van der Waals surface area contributed by atoms with E-state index >= 15 is 0 Å². The van der Waals surface area contributed by atoms with Crippen molar-refractivity contribution < 1.29 is 32.9 Å². The maximum atomic E-state index is 13.0. The fourth-order valence-electron chi connectivity index (χ4n) is 4.64. The van der Waals surface area contributed by atoms with Crippen molar-refractivity contribution in [3.05, 3.63) is 46.3 Å². The maximum absolute atomic E-state index is 13.0. The smallest absolute Gasteiger partial charge is 0.427 e. The van der Waals surface area contributed by atoms with Crippen LogP contribution in [0.2, 0.25) is 0 Å². The van der Waals surface area contributed by atoms with Gasteiger partial charge < -0.3 is 30.9 Å². The van der Waals surface area contributed by atoms with Crippen LogP contribution in [-0.4, -0.2) is 59.6 Å². The van der Waals surface area contributed by atoms with Gasteiger partial charge in [-0.25, -0.2) is 14.2 Å². The van der Waals surface area contributed by atoms with E-state index in [1.54, 1.807) is 0 Å². The van der Waals surface area contributed by atoms with Gasteiger partial charge in [0.1, 0.15) is 21.3 Å². The molecule has 1 aromatic carbocycles. The first-order valence-electron chi connectivity index (χ1n) is 12.5. The number of benzene rings is 1. The average molecular weight is 553 g/mol. The van der Waals surface area contributed by atoms with Crippen LogP contribution in [0.4, 0.5) is 24.7 Å². The number of thiophene rings is 1. The summed E-state index contributed by atoms with van der Waals surface area (Å²) in [5, 5.41) is 24.1. The Kier molecular flexibility index (Phi) is 8.64. The number of fused-ring (bicyclic) bond motifs is 1. The molecule has 3 aromatic rings. The number of aliphatic hydroxyl groups excluding tert-OH is 1. The first-order chi connectivity index (χ1) is 18.1. The minimum atomic E-state index is -3.88. The second kappa shape index (κ2) is 11.7. The van der Waals surface area contributed by atoms with Gasteiger partial charge in [-0.2, -0.15) is 8.78 Å². The predicted molar refractivity (Wildman–Crippen MR) is 141 cm³/mol. The minimum Gasteiger partial charge on any atom is -0.477 e. The highest BCUT2D eigenvalue weighted by Crippen LogP contribution is 2.37. The number of halogens is 3. The van der Waals surface area contributed by atoms with Crippen molar-refractivity contribution in [2.45, 2.75) is 50.9 Å².